The van der Waals surface area contributed by atoms with E-state index in [9.17, 15) is 23.4 Å². The van der Waals surface area contributed by atoms with E-state index in [2.05, 4.69) is 94.5 Å². The number of aliphatic hydroxyl groups excluding tert-OH is 2. The van der Waals surface area contributed by atoms with Crippen molar-refractivity contribution in [2.75, 3.05) is 89.5 Å². The van der Waals surface area contributed by atoms with Crippen LogP contribution in [-0.2, 0) is 40.1 Å². The molecule has 96 heavy (non-hydrogen) atoms. The SMILES string of the molecule is COC[C@H](C)N(C)c1ncc2c(-c3ccnc(C)c3)cc(C3CCC(O)CC3)n2n1.COC[C@H](C)N(C)c1ncc2c(-c3ccnc(C)c3)cc(C3CCC(OC)CC3)n2n1.COC[C@H](C)Nc1ncc2c(-c3cnn(CC(=O)CS(C)(=O)=O)c3)cc(C3CCC(O)CC3)n2n1. The van der Waals surface area contributed by atoms with Gasteiger partial charge in [0.05, 0.1) is 91.6 Å². The standard InChI is InChI=1S/C24H33N5O2.C23H32N6O5S.C23H31N5O2/c1-16-12-19(10-11-25-16)21-13-22(18-6-8-20(31-5)9-7-18)29-23(21)14-26-24(27-29)28(3)17(2)15-30-4;1-15(13-34-2)26-23-24-10-22-20(8-21(29(22)27-23)16-4-6-18(30)7-5-16)17-9-25-28(11-17)12-19(31)14-35(3,32)33;1-15-11-18(9-10-24-15)20-12-21(17-5-7-19(29)8-6-17)28-22(20)13-25-23(26-28)27(3)16(2)14-30-4/h10-14,17-18,20H,6-9,15H2,1-5H3;8-11,15-16,18,30H,4-7,12-14H2,1-3H3,(H,26,27);9-13,16-17,19,29H,5-8,14H2,1-4H3/t17-,18?,20?;15-,16?,18?;16-,17?,19?/m000/s1. The molecule has 0 aromatic carbocycles. The quantitative estimate of drug-likeness (QED) is 0.0537. The predicted octanol–water partition coefficient (Wildman–Crippen LogP) is 9.50. The molecule has 0 unspecified atom stereocenters. The van der Waals surface area contributed by atoms with E-state index in [1.165, 1.54) is 16.1 Å². The summed E-state index contributed by atoms with van der Waals surface area (Å²) in [5.41, 5.74) is 14.5. The van der Waals surface area contributed by atoms with Gasteiger partial charge in [-0.15, -0.1) is 15.3 Å². The molecule has 9 aromatic heterocycles. The van der Waals surface area contributed by atoms with Crippen LogP contribution in [0.1, 0.15) is 144 Å². The molecule has 12 rings (SSSR count). The highest BCUT2D eigenvalue weighted by atomic mass is 32.2. The number of aliphatic hydroxyl groups is 2. The summed E-state index contributed by atoms with van der Waals surface area (Å²) in [5, 5.41) is 42.2. The topological polar surface area (TPSA) is 281 Å². The van der Waals surface area contributed by atoms with E-state index in [1.807, 2.05) is 82.2 Å². The van der Waals surface area contributed by atoms with Crippen molar-refractivity contribution in [1.29, 1.82) is 0 Å². The van der Waals surface area contributed by atoms with Crippen molar-refractivity contribution in [3.63, 3.8) is 0 Å². The van der Waals surface area contributed by atoms with Gasteiger partial charge in [0.15, 0.2) is 15.6 Å². The van der Waals surface area contributed by atoms with Crippen molar-refractivity contribution in [2.45, 2.75) is 172 Å². The first-order valence-corrected chi connectivity index (χ1v) is 35.5. The molecule has 25 nitrogen and oxygen atoms in total. The molecular weight excluding hydrogens is 1240 g/mol. The van der Waals surface area contributed by atoms with Crippen molar-refractivity contribution in [2.24, 2.45) is 0 Å². The van der Waals surface area contributed by atoms with Crippen LogP contribution in [0, 0.1) is 13.8 Å². The maximum absolute atomic E-state index is 12.1. The lowest BCUT2D eigenvalue weighted by atomic mass is 9.85. The molecule has 0 bridgehead atoms. The van der Waals surface area contributed by atoms with Gasteiger partial charge < -0.3 is 44.3 Å². The lowest BCUT2D eigenvalue weighted by molar-refractivity contribution is -0.117. The number of sulfone groups is 1. The van der Waals surface area contributed by atoms with Gasteiger partial charge in [0, 0.05) is 142 Å². The normalized spacial score (nSPS) is 20.1. The number of anilines is 3. The molecule has 516 valence electrons. The van der Waals surface area contributed by atoms with Gasteiger partial charge in [-0.05, 0) is 165 Å². The van der Waals surface area contributed by atoms with Crippen molar-refractivity contribution in [1.82, 2.24) is 63.5 Å². The van der Waals surface area contributed by atoms with Gasteiger partial charge in [-0.3, -0.25) is 19.4 Å². The molecule has 0 saturated heterocycles. The van der Waals surface area contributed by atoms with Gasteiger partial charge in [-0.1, -0.05) is 0 Å². The average Bonchev–Trinajstić information content (AvgIpc) is 1.63. The van der Waals surface area contributed by atoms with Crippen molar-refractivity contribution in [3.05, 3.63) is 114 Å². The van der Waals surface area contributed by atoms with Gasteiger partial charge in [0.25, 0.3) is 0 Å². The van der Waals surface area contributed by atoms with Crippen LogP contribution >= 0.6 is 0 Å². The number of aromatic nitrogens is 13. The molecule has 3 fully saturated rings. The van der Waals surface area contributed by atoms with Crippen LogP contribution in [0.3, 0.4) is 0 Å². The third kappa shape index (κ3) is 17.3. The number of fused-ring (bicyclic) bond motifs is 3. The monoisotopic (exact) mass is 1340 g/mol. The molecule has 3 N–H and O–H groups in total. The number of nitrogens with one attached hydrogen (secondary N) is 1. The minimum absolute atomic E-state index is 0.0310. The van der Waals surface area contributed by atoms with Crippen molar-refractivity contribution in [3.8, 4) is 33.4 Å². The molecule has 9 heterocycles. The number of rotatable bonds is 23. The fraction of sp³-hybridized carbons (Fsp3) is 0.543. The number of Topliss-reactive ketones (excluding diaryl/α,β-unsaturated/α-hetero) is 1. The third-order valence-corrected chi connectivity index (χ3v) is 19.8. The Kier molecular flexibility index (Phi) is 23.7. The van der Waals surface area contributed by atoms with E-state index < -0.39 is 21.4 Å². The van der Waals surface area contributed by atoms with Crippen LogP contribution in [0.5, 0.6) is 0 Å². The molecule has 0 radical (unpaired) electrons. The maximum atomic E-state index is 12.1. The maximum Gasteiger partial charge on any atom is 0.243 e. The van der Waals surface area contributed by atoms with Crippen LogP contribution in [0.4, 0.5) is 17.8 Å². The number of carbonyl (C=O) groups is 1. The number of ether oxygens (including phenoxy) is 4. The second kappa shape index (κ2) is 32.0. The molecule has 0 aliphatic heterocycles. The lowest BCUT2D eigenvalue weighted by Gasteiger charge is -2.28. The van der Waals surface area contributed by atoms with Gasteiger partial charge >= 0.3 is 0 Å². The molecule has 0 spiro atoms. The molecule has 26 heteroatoms. The third-order valence-electron chi connectivity index (χ3n) is 18.9. The van der Waals surface area contributed by atoms with Gasteiger partial charge in [-0.25, -0.2) is 36.9 Å². The van der Waals surface area contributed by atoms with Crippen LogP contribution < -0.4 is 15.1 Å². The highest BCUT2D eigenvalue weighted by Crippen LogP contribution is 2.41. The van der Waals surface area contributed by atoms with Gasteiger partial charge in [0.2, 0.25) is 17.8 Å². The Labute approximate surface area is 562 Å². The second-order valence-corrected chi connectivity index (χ2v) is 28.6. The van der Waals surface area contributed by atoms with Crippen molar-refractivity contribution < 1.29 is 42.4 Å². The number of likely N-dealkylation sites (N-methyl/N-ethyl adjacent to an activating group) is 2. The first-order valence-electron chi connectivity index (χ1n) is 33.4. The summed E-state index contributed by atoms with van der Waals surface area (Å²) in [5.74, 6) is 2.01. The molecular formula is C70H96N16O9S. The van der Waals surface area contributed by atoms with E-state index >= 15 is 0 Å². The summed E-state index contributed by atoms with van der Waals surface area (Å²) in [6, 6.07) is 15.3. The Morgan fingerprint density at radius 1 is 0.583 bits per heavy atom. The molecule has 3 saturated carbocycles. The molecule has 3 aliphatic rings. The zero-order chi connectivity index (χ0) is 68.4. The summed E-state index contributed by atoms with van der Waals surface area (Å²) in [6.07, 6.45) is 24.9. The van der Waals surface area contributed by atoms with Crippen LogP contribution in [-0.4, -0.2) is 199 Å². The zero-order valence-electron chi connectivity index (χ0n) is 57.7. The van der Waals surface area contributed by atoms with Crippen molar-refractivity contribution >= 4 is 50.0 Å². The first kappa shape index (κ1) is 70.9. The second-order valence-electron chi connectivity index (χ2n) is 26.5. The summed E-state index contributed by atoms with van der Waals surface area (Å²) in [4.78, 5) is 38.8. The van der Waals surface area contributed by atoms with E-state index in [4.69, 9.17) is 39.2 Å². The summed E-state index contributed by atoms with van der Waals surface area (Å²) in [6.45, 7) is 11.9. The number of ketones is 1. The van der Waals surface area contributed by atoms with Crippen LogP contribution in [0.2, 0.25) is 0 Å². The van der Waals surface area contributed by atoms with Crippen LogP contribution in [0.25, 0.3) is 49.9 Å². The van der Waals surface area contributed by atoms with E-state index in [-0.39, 0.29) is 42.8 Å². The fourth-order valence-corrected chi connectivity index (χ4v) is 14.1. The zero-order valence-corrected chi connectivity index (χ0v) is 58.5. The Hall–Kier alpha value is -7.85. The minimum atomic E-state index is -3.39. The smallest absolute Gasteiger partial charge is 0.243 e. The van der Waals surface area contributed by atoms with E-state index in [0.29, 0.717) is 55.6 Å². The average molecular weight is 1340 g/mol. The minimum Gasteiger partial charge on any atom is -0.393 e. The first-order chi connectivity index (χ1) is 46.1. The van der Waals surface area contributed by atoms with Gasteiger partial charge in [0.1, 0.15) is 12.3 Å². The molecule has 9 aromatic rings. The predicted molar refractivity (Wildman–Crippen MR) is 372 cm³/mol. The Morgan fingerprint density at radius 3 is 1.44 bits per heavy atom. The number of nitrogens with zero attached hydrogens (tertiary/aromatic N) is 15. The fourth-order valence-electron chi connectivity index (χ4n) is 13.5. The Balaban J connectivity index is 0.000000157. The summed E-state index contributed by atoms with van der Waals surface area (Å²) < 4.78 is 51.8. The number of carbonyl (C=O) groups excluding carboxylic acids is 1. The molecule has 3 atom stereocenters. The Morgan fingerprint density at radius 2 is 1.01 bits per heavy atom. The van der Waals surface area contributed by atoms with Gasteiger partial charge in [-0.2, -0.15) is 5.10 Å². The van der Waals surface area contributed by atoms with E-state index in [0.717, 1.165) is 150 Å². The summed E-state index contributed by atoms with van der Waals surface area (Å²) in [7, 11) is 7.52. The number of methoxy groups -OCH3 is 4. The Bertz CT molecular complexity index is 4170. The summed E-state index contributed by atoms with van der Waals surface area (Å²) >= 11 is 0. The molecule has 0 amide bonds. The van der Waals surface area contributed by atoms with Crippen LogP contribution in [0.15, 0.2) is 85.8 Å². The number of hydrogen-bond acceptors (Lipinski definition) is 21. The highest BCUT2D eigenvalue weighted by Gasteiger charge is 2.31. The number of pyridine rings is 2. The highest BCUT2D eigenvalue weighted by molar-refractivity contribution is 7.91. The number of hydrogen-bond donors (Lipinski definition) is 3. The lowest BCUT2D eigenvalue weighted by Crippen LogP contribution is -2.34. The molecule has 3 aliphatic carbocycles. The van der Waals surface area contributed by atoms with E-state index in [1.54, 1.807) is 39.9 Å². The largest absolute Gasteiger partial charge is 0.393 e. The number of aryl methyl sites for hydroxylation is 2.